The van der Waals surface area contributed by atoms with Crippen LogP contribution in [0, 0.1) is 6.92 Å². The summed E-state index contributed by atoms with van der Waals surface area (Å²) in [6, 6.07) is 4.65. The van der Waals surface area contributed by atoms with Gasteiger partial charge in [-0.3, -0.25) is 0 Å². The number of aromatic nitrogens is 3. The molecule has 1 aliphatic rings. The molecule has 1 saturated heterocycles. The minimum Gasteiger partial charge on any atom is -0.337 e. The summed E-state index contributed by atoms with van der Waals surface area (Å²) >= 11 is 5.03. The van der Waals surface area contributed by atoms with E-state index in [-0.39, 0.29) is 0 Å². The maximum Gasteiger partial charge on any atom is 0.159 e. The zero-order valence-electron chi connectivity index (χ0n) is 15.2. The molecule has 0 aliphatic carbocycles. The van der Waals surface area contributed by atoms with Crippen LogP contribution in [0.15, 0.2) is 22.2 Å². The molecular weight excluding hydrogens is 410 g/mol. The van der Waals surface area contributed by atoms with E-state index in [4.69, 9.17) is 4.98 Å². The fourth-order valence-electron chi connectivity index (χ4n) is 3.79. The van der Waals surface area contributed by atoms with Crippen LogP contribution in [0.5, 0.6) is 0 Å². The number of rotatable bonds is 5. The molecule has 1 aromatic carbocycles. The van der Waals surface area contributed by atoms with Crippen molar-refractivity contribution in [1.82, 2.24) is 25.2 Å². The summed E-state index contributed by atoms with van der Waals surface area (Å²) in [7, 11) is 2.02. The summed E-state index contributed by atoms with van der Waals surface area (Å²) in [6.07, 6.45) is 4.33. The Morgan fingerprint density at radius 2 is 2.15 bits per heavy atom. The van der Waals surface area contributed by atoms with E-state index < -0.39 is 0 Å². The van der Waals surface area contributed by atoms with Crippen LogP contribution in [-0.2, 0) is 0 Å². The number of aromatic amines is 1. The number of H-pyrrole nitrogens is 1. The van der Waals surface area contributed by atoms with Gasteiger partial charge in [-0.15, -0.1) is 11.3 Å². The first-order valence-electron chi connectivity index (χ1n) is 9.13. The van der Waals surface area contributed by atoms with Crippen LogP contribution >= 0.6 is 27.3 Å². The zero-order chi connectivity index (χ0) is 18.1. The predicted molar refractivity (Wildman–Crippen MR) is 112 cm³/mol. The second-order valence-corrected chi connectivity index (χ2v) is 9.32. The van der Waals surface area contributed by atoms with E-state index in [1.54, 1.807) is 11.3 Å². The standard InChI is InChI=1S/C19H24BrN5S/c1-12-9-14(13-3-6-25(7-4-13)8-5-21-2)10-15-17(12)24-18(23-15)16-11-22-19(20)26-16/h9-11,13,21H,3-8H2,1-2H3,(H,23,24). The molecule has 2 N–H and O–H groups in total. The van der Waals surface area contributed by atoms with E-state index in [1.807, 2.05) is 13.2 Å². The highest BCUT2D eigenvalue weighted by atomic mass is 79.9. The number of fused-ring (bicyclic) bond motifs is 1. The number of benzene rings is 1. The largest absolute Gasteiger partial charge is 0.337 e. The van der Waals surface area contributed by atoms with Crippen LogP contribution in [0.2, 0.25) is 0 Å². The van der Waals surface area contributed by atoms with Crippen molar-refractivity contribution in [3.05, 3.63) is 33.4 Å². The number of hydrogen-bond acceptors (Lipinski definition) is 5. The van der Waals surface area contributed by atoms with Crippen LogP contribution in [0.25, 0.3) is 21.7 Å². The monoisotopic (exact) mass is 433 g/mol. The van der Waals surface area contributed by atoms with Gasteiger partial charge < -0.3 is 15.2 Å². The van der Waals surface area contributed by atoms with Gasteiger partial charge in [-0.1, -0.05) is 6.07 Å². The average Bonchev–Trinajstić information content (AvgIpc) is 3.26. The van der Waals surface area contributed by atoms with Crippen molar-refractivity contribution in [2.45, 2.75) is 25.7 Å². The van der Waals surface area contributed by atoms with Gasteiger partial charge in [-0.25, -0.2) is 9.97 Å². The second-order valence-electron chi connectivity index (χ2n) is 7.02. The number of imidazole rings is 1. The van der Waals surface area contributed by atoms with Gasteiger partial charge in [-0.05, 0) is 78.9 Å². The molecule has 0 unspecified atom stereocenters. The molecule has 1 fully saturated rings. The summed E-state index contributed by atoms with van der Waals surface area (Å²) in [5.74, 6) is 1.55. The Balaban J connectivity index is 1.55. The van der Waals surface area contributed by atoms with Crippen molar-refractivity contribution in [1.29, 1.82) is 0 Å². The maximum atomic E-state index is 4.81. The molecule has 0 spiro atoms. The first-order chi connectivity index (χ1) is 12.6. The van der Waals surface area contributed by atoms with Crippen LogP contribution in [0.1, 0.15) is 29.9 Å². The molecule has 4 rings (SSSR count). The number of likely N-dealkylation sites (tertiary alicyclic amines) is 1. The van der Waals surface area contributed by atoms with Crippen LogP contribution in [0.3, 0.4) is 0 Å². The van der Waals surface area contributed by atoms with E-state index >= 15 is 0 Å². The van der Waals surface area contributed by atoms with Crippen molar-refractivity contribution in [2.24, 2.45) is 0 Å². The van der Waals surface area contributed by atoms with Gasteiger partial charge >= 0.3 is 0 Å². The van der Waals surface area contributed by atoms with Crippen molar-refractivity contribution in [3.8, 4) is 10.7 Å². The summed E-state index contributed by atoms with van der Waals surface area (Å²) < 4.78 is 0.885. The third-order valence-electron chi connectivity index (χ3n) is 5.25. The summed E-state index contributed by atoms with van der Waals surface area (Å²) in [4.78, 5) is 16.2. The topological polar surface area (TPSA) is 56.8 Å². The number of likely N-dealkylation sites (N-methyl/N-ethyl adjacent to an activating group) is 1. The van der Waals surface area contributed by atoms with Gasteiger partial charge in [-0.2, -0.15) is 0 Å². The Morgan fingerprint density at radius 1 is 1.35 bits per heavy atom. The summed E-state index contributed by atoms with van der Waals surface area (Å²) in [5.41, 5.74) is 4.90. The lowest BCUT2D eigenvalue weighted by molar-refractivity contribution is 0.214. The second kappa shape index (κ2) is 7.76. The zero-order valence-corrected chi connectivity index (χ0v) is 17.6. The van der Waals surface area contributed by atoms with E-state index in [1.165, 1.54) is 37.1 Å². The number of piperidine rings is 1. The highest BCUT2D eigenvalue weighted by molar-refractivity contribution is 9.11. The maximum absolute atomic E-state index is 4.81. The average molecular weight is 434 g/mol. The molecule has 1 aliphatic heterocycles. The third-order valence-corrected chi connectivity index (χ3v) is 6.73. The smallest absolute Gasteiger partial charge is 0.159 e. The quantitative estimate of drug-likeness (QED) is 0.634. The molecule has 3 aromatic rings. The lowest BCUT2D eigenvalue weighted by Crippen LogP contribution is -2.37. The molecule has 5 nitrogen and oxygen atoms in total. The van der Waals surface area contributed by atoms with Gasteiger partial charge in [0.2, 0.25) is 0 Å². The minimum absolute atomic E-state index is 0.647. The Kier molecular flexibility index (Phi) is 5.40. The number of nitrogens with zero attached hydrogens (tertiary/aromatic N) is 3. The first kappa shape index (κ1) is 18.1. The van der Waals surface area contributed by atoms with Crippen LogP contribution < -0.4 is 5.32 Å². The van der Waals surface area contributed by atoms with E-state index in [0.29, 0.717) is 5.92 Å². The van der Waals surface area contributed by atoms with Crippen molar-refractivity contribution in [2.75, 3.05) is 33.2 Å². The summed E-state index contributed by atoms with van der Waals surface area (Å²) in [6.45, 7) is 6.76. The SMILES string of the molecule is CNCCN1CCC(c2cc(C)c3nc(-c4cnc(Br)s4)[nH]c3c2)CC1. The lowest BCUT2D eigenvalue weighted by Gasteiger charge is -2.32. The van der Waals surface area contributed by atoms with E-state index in [2.05, 4.69) is 55.2 Å². The minimum atomic E-state index is 0.647. The Labute approximate surface area is 166 Å². The fourth-order valence-corrected chi connectivity index (χ4v) is 5.00. The fraction of sp³-hybridized carbons (Fsp3) is 0.474. The molecule has 0 bridgehead atoms. The molecule has 0 amide bonds. The highest BCUT2D eigenvalue weighted by Gasteiger charge is 2.21. The Morgan fingerprint density at radius 3 is 2.85 bits per heavy atom. The van der Waals surface area contributed by atoms with Crippen molar-refractivity contribution < 1.29 is 0 Å². The molecule has 2 aromatic heterocycles. The predicted octanol–water partition coefficient (Wildman–Crippen LogP) is 4.16. The van der Waals surface area contributed by atoms with Crippen molar-refractivity contribution >= 4 is 38.3 Å². The lowest BCUT2D eigenvalue weighted by atomic mass is 9.88. The molecule has 0 atom stereocenters. The number of nitrogens with one attached hydrogen (secondary N) is 2. The number of halogens is 1. The van der Waals surface area contributed by atoms with Crippen molar-refractivity contribution in [3.63, 3.8) is 0 Å². The summed E-state index contributed by atoms with van der Waals surface area (Å²) in [5, 5.41) is 3.24. The molecule has 138 valence electrons. The van der Waals surface area contributed by atoms with Gasteiger partial charge in [0, 0.05) is 13.1 Å². The molecule has 26 heavy (non-hydrogen) atoms. The first-order valence-corrected chi connectivity index (χ1v) is 10.7. The normalized spacial score (nSPS) is 16.6. The number of aryl methyl sites for hydroxylation is 1. The molecule has 0 saturated carbocycles. The van der Waals surface area contributed by atoms with Gasteiger partial charge in [0.15, 0.2) is 3.92 Å². The Hall–Kier alpha value is -1.28. The van der Waals surface area contributed by atoms with E-state index in [0.717, 1.165) is 38.7 Å². The molecule has 3 heterocycles. The van der Waals surface area contributed by atoms with Gasteiger partial charge in [0.05, 0.1) is 22.1 Å². The van der Waals surface area contributed by atoms with Crippen LogP contribution in [0.4, 0.5) is 0 Å². The molecular formula is C19H24BrN5S. The Bertz CT molecular complexity index is 895. The number of thiazole rings is 1. The van der Waals surface area contributed by atoms with Gasteiger partial charge in [0.25, 0.3) is 0 Å². The molecule has 0 radical (unpaired) electrons. The van der Waals surface area contributed by atoms with Gasteiger partial charge in [0.1, 0.15) is 5.82 Å². The van der Waals surface area contributed by atoms with Crippen LogP contribution in [-0.4, -0.2) is 53.1 Å². The third kappa shape index (κ3) is 3.71. The highest BCUT2D eigenvalue weighted by Crippen LogP contribution is 2.33. The number of hydrogen-bond donors (Lipinski definition) is 2. The molecule has 7 heteroatoms. The van der Waals surface area contributed by atoms with E-state index in [9.17, 15) is 0 Å².